The van der Waals surface area contributed by atoms with Crippen molar-refractivity contribution in [2.24, 2.45) is 0 Å². The van der Waals surface area contributed by atoms with Crippen LogP contribution >= 0.6 is 11.8 Å². The highest BCUT2D eigenvalue weighted by atomic mass is 32.2. The van der Waals surface area contributed by atoms with Crippen molar-refractivity contribution in [2.45, 2.75) is 36.9 Å². The molecule has 184 valence electrons. The number of H-pyrrole nitrogens is 2. The van der Waals surface area contributed by atoms with Crippen LogP contribution in [0.3, 0.4) is 0 Å². The van der Waals surface area contributed by atoms with Crippen LogP contribution in [0.15, 0.2) is 38.8 Å². The molecular formula is C22H21F5N2O4S. The van der Waals surface area contributed by atoms with Gasteiger partial charge in [0.15, 0.2) is 0 Å². The van der Waals surface area contributed by atoms with Gasteiger partial charge in [-0.2, -0.15) is 13.2 Å². The van der Waals surface area contributed by atoms with Gasteiger partial charge < -0.3 is 14.8 Å². The SMILES string of the molecule is CCCCO[C@@H](CO)CSc1c(-c2ccc(F)cc2F)c(C(F)(F)F)cc2c(=O)[nH]c(=O)[nH]c12. The molecule has 0 saturated heterocycles. The zero-order valence-corrected chi connectivity index (χ0v) is 18.7. The van der Waals surface area contributed by atoms with E-state index in [-0.39, 0.29) is 16.2 Å². The van der Waals surface area contributed by atoms with Crippen LogP contribution in [0.1, 0.15) is 25.3 Å². The Bertz CT molecular complexity index is 1290. The summed E-state index contributed by atoms with van der Waals surface area (Å²) in [4.78, 5) is 28.2. The standard InChI is InChI=1S/C22H21F5N2O4S/c1-2-3-6-33-12(9-30)10-34-19-17(13-5-4-11(23)7-16(13)24)15(22(25,26)27)8-14-18(19)28-21(32)29-20(14)31/h4-5,7-8,12,30H,2-3,6,9-10H2,1H3,(H2,28,29,31,32)/t12-/m0/s1. The number of hydrogen-bond acceptors (Lipinski definition) is 5. The fourth-order valence-corrected chi connectivity index (χ4v) is 4.55. The third kappa shape index (κ3) is 5.68. The highest BCUT2D eigenvalue weighted by molar-refractivity contribution is 7.99. The van der Waals surface area contributed by atoms with E-state index >= 15 is 0 Å². The first-order chi connectivity index (χ1) is 16.1. The average molecular weight is 504 g/mol. The van der Waals surface area contributed by atoms with Gasteiger partial charge in [0.05, 0.1) is 29.2 Å². The summed E-state index contributed by atoms with van der Waals surface area (Å²) in [5, 5.41) is 9.15. The van der Waals surface area contributed by atoms with Crippen LogP contribution in [0.2, 0.25) is 0 Å². The molecule has 0 aliphatic rings. The molecule has 3 N–H and O–H groups in total. The molecule has 0 fully saturated rings. The molecule has 3 aromatic rings. The van der Waals surface area contributed by atoms with E-state index in [0.717, 1.165) is 30.3 Å². The van der Waals surface area contributed by atoms with Crippen molar-refractivity contribution in [1.82, 2.24) is 9.97 Å². The summed E-state index contributed by atoms with van der Waals surface area (Å²) >= 11 is 0.754. The number of ether oxygens (including phenoxy) is 1. The van der Waals surface area contributed by atoms with Crippen molar-refractivity contribution in [1.29, 1.82) is 0 Å². The Morgan fingerprint density at radius 2 is 1.88 bits per heavy atom. The number of unbranched alkanes of at least 4 members (excludes halogenated alkanes) is 1. The molecule has 1 atom stereocenters. The fraction of sp³-hybridized carbons (Fsp3) is 0.364. The molecular weight excluding hydrogens is 483 g/mol. The Hall–Kier alpha value is -2.70. The Morgan fingerprint density at radius 1 is 1.15 bits per heavy atom. The van der Waals surface area contributed by atoms with E-state index in [4.69, 9.17) is 4.74 Å². The number of aromatic nitrogens is 2. The van der Waals surface area contributed by atoms with E-state index < -0.39 is 63.8 Å². The van der Waals surface area contributed by atoms with Gasteiger partial charge in [-0.3, -0.25) is 9.78 Å². The lowest BCUT2D eigenvalue weighted by Gasteiger charge is -2.21. The topological polar surface area (TPSA) is 95.2 Å². The minimum Gasteiger partial charge on any atom is -0.394 e. The van der Waals surface area contributed by atoms with E-state index in [0.29, 0.717) is 25.2 Å². The number of benzene rings is 2. The monoisotopic (exact) mass is 504 g/mol. The predicted molar refractivity (Wildman–Crippen MR) is 118 cm³/mol. The zero-order chi connectivity index (χ0) is 25.0. The average Bonchev–Trinajstić information content (AvgIpc) is 2.75. The Balaban J connectivity index is 2.29. The molecule has 6 nitrogen and oxygen atoms in total. The largest absolute Gasteiger partial charge is 0.417 e. The maximum absolute atomic E-state index is 14.7. The Kier molecular flexibility index (Phi) is 8.16. The second-order valence-electron chi connectivity index (χ2n) is 7.42. The van der Waals surface area contributed by atoms with E-state index in [1.54, 1.807) is 0 Å². The fourth-order valence-electron chi connectivity index (χ4n) is 3.33. The number of halogens is 5. The van der Waals surface area contributed by atoms with E-state index in [9.17, 15) is 36.6 Å². The molecule has 1 heterocycles. The molecule has 3 rings (SSSR count). The first-order valence-electron chi connectivity index (χ1n) is 10.3. The van der Waals surface area contributed by atoms with Gasteiger partial charge in [-0.1, -0.05) is 13.3 Å². The van der Waals surface area contributed by atoms with Crippen LogP contribution in [0, 0.1) is 11.6 Å². The molecule has 1 aromatic heterocycles. The van der Waals surface area contributed by atoms with Crippen LogP contribution < -0.4 is 11.2 Å². The number of aliphatic hydroxyl groups is 1. The third-order valence-corrected chi connectivity index (χ3v) is 6.20. The molecule has 0 bridgehead atoms. The van der Waals surface area contributed by atoms with E-state index in [1.165, 1.54) is 0 Å². The summed E-state index contributed by atoms with van der Waals surface area (Å²) < 4.78 is 76.0. The maximum Gasteiger partial charge on any atom is 0.417 e. The van der Waals surface area contributed by atoms with Gasteiger partial charge in [-0.05, 0) is 24.6 Å². The van der Waals surface area contributed by atoms with E-state index in [1.807, 2.05) is 11.9 Å². The molecule has 0 aliphatic heterocycles. The molecule has 2 aromatic carbocycles. The summed E-state index contributed by atoms with van der Waals surface area (Å²) in [6.07, 6.45) is -4.28. The van der Waals surface area contributed by atoms with Crippen LogP contribution in [-0.4, -0.2) is 40.1 Å². The molecule has 12 heteroatoms. The van der Waals surface area contributed by atoms with Crippen molar-refractivity contribution in [3.8, 4) is 11.1 Å². The van der Waals surface area contributed by atoms with Crippen molar-refractivity contribution < 1.29 is 31.8 Å². The molecule has 0 spiro atoms. The molecule has 0 radical (unpaired) electrons. The van der Waals surface area contributed by atoms with Gasteiger partial charge >= 0.3 is 11.9 Å². The Labute approximate surface area is 194 Å². The highest BCUT2D eigenvalue weighted by Gasteiger charge is 2.37. The lowest BCUT2D eigenvalue weighted by atomic mass is 9.96. The van der Waals surface area contributed by atoms with Gasteiger partial charge in [0.2, 0.25) is 0 Å². The zero-order valence-electron chi connectivity index (χ0n) is 17.9. The lowest BCUT2D eigenvalue weighted by molar-refractivity contribution is -0.137. The van der Waals surface area contributed by atoms with Crippen LogP contribution in [0.25, 0.3) is 22.0 Å². The second kappa shape index (κ2) is 10.7. The second-order valence-corrected chi connectivity index (χ2v) is 8.45. The lowest BCUT2D eigenvalue weighted by Crippen LogP contribution is -2.24. The van der Waals surface area contributed by atoms with Gasteiger partial charge in [0.25, 0.3) is 5.56 Å². The number of rotatable bonds is 9. The summed E-state index contributed by atoms with van der Waals surface area (Å²) in [6, 6.07) is 2.63. The normalized spacial score (nSPS) is 12.9. The molecule has 0 amide bonds. The van der Waals surface area contributed by atoms with Gasteiger partial charge in [-0.25, -0.2) is 13.6 Å². The summed E-state index contributed by atoms with van der Waals surface area (Å²) in [5.41, 5.74) is -4.83. The van der Waals surface area contributed by atoms with Crippen LogP contribution in [0.4, 0.5) is 22.0 Å². The van der Waals surface area contributed by atoms with Crippen molar-refractivity contribution in [3.63, 3.8) is 0 Å². The van der Waals surface area contributed by atoms with Gasteiger partial charge in [-0.15, -0.1) is 11.8 Å². The maximum atomic E-state index is 14.7. The summed E-state index contributed by atoms with van der Waals surface area (Å²) in [7, 11) is 0. The summed E-state index contributed by atoms with van der Waals surface area (Å²) in [5.74, 6) is -2.31. The molecule has 34 heavy (non-hydrogen) atoms. The van der Waals surface area contributed by atoms with Gasteiger partial charge in [0, 0.05) is 34.4 Å². The first-order valence-corrected chi connectivity index (χ1v) is 11.3. The molecule has 0 saturated carbocycles. The first kappa shape index (κ1) is 25.9. The number of alkyl halides is 3. The number of aliphatic hydroxyl groups excluding tert-OH is 1. The smallest absolute Gasteiger partial charge is 0.394 e. The van der Waals surface area contributed by atoms with Gasteiger partial charge in [0.1, 0.15) is 11.6 Å². The minimum absolute atomic E-state index is 0.0682. The number of fused-ring (bicyclic) bond motifs is 1. The predicted octanol–water partition coefficient (Wildman–Crippen LogP) is 4.45. The van der Waals surface area contributed by atoms with Crippen LogP contribution in [0.5, 0.6) is 0 Å². The summed E-state index contributed by atoms with van der Waals surface area (Å²) in [6.45, 7) is 1.80. The number of hydrogen-bond donors (Lipinski definition) is 3. The number of nitrogens with one attached hydrogen (secondary N) is 2. The highest BCUT2D eigenvalue weighted by Crippen LogP contribution is 2.45. The molecule has 0 unspecified atom stereocenters. The van der Waals surface area contributed by atoms with E-state index in [2.05, 4.69) is 4.98 Å². The Morgan fingerprint density at radius 3 is 2.50 bits per heavy atom. The van der Waals surface area contributed by atoms with Crippen molar-refractivity contribution in [3.05, 3.63) is 62.3 Å². The quantitative estimate of drug-likeness (QED) is 0.227. The van der Waals surface area contributed by atoms with Crippen molar-refractivity contribution >= 4 is 22.7 Å². The van der Waals surface area contributed by atoms with Crippen molar-refractivity contribution in [2.75, 3.05) is 19.0 Å². The molecule has 0 aliphatic carbocycles. The van der Waals surface area contributed by atoms with Crippen LogP contribution in [-0.2, 0) is 10.9 Å². The minimum atomic E-state index is -5.02. The number of aromatic amines is 2. The number of thioether (sulfide) groups is 1. The third-order valence-electron chi connectivity index (χ3n) is 4.97.